The summed E-state index contributed by atoms with van der Waals surface area (Å²) < 4.78 is 4.85. The molecule has 19 heavy (non-hydrogen) atoms. The highest BCUT2D eigenvalue weighted by Gasteiger charge is 2.02. The fourth-order valence-corrected chi connectivity index (χ4v) is 2.82. The fourth-order valence-electron chi connectivity index (χ4n) is 2.82. The van der Waals surface area contributed by atoms with Crippen LogP contribution in [0.2, 0.25) is 0 Å². The maximum absolute atomic E-state index is 2.42. The predicted molar refractivity (Wildman–Crippen MR) is 81.7 cm³/mol. The molecule has 0 fully saturated rings. The molecule has 0 atom stereocenters. The van der Waals surface area contributed by atoms with Crippen LogP contribution in [0.3, 0.4) is 0 Å². The smallest absolute Gasteiger partial charge is 0.0224 e. The second kappa shape index (κ2) is 6.14. The minimum absolute atomic E-state index is 1.16. The van der Waals surface area contributed by atoms with Crippen molar-refractivity contribution in [1.82, 2.24) is 9.13 Å². The second-order valence-corrected chi connectivity index (χ2v) is 5.60. The van der Waals surface area contributed by atoms with Gasteiger partial charge in [0.2, 0.25) is 0 Å². The number of aromatic nitrogens is 2. The van der Waals surface area contributed by atoms with E-state index in [0.29, 0.717) is 0 Å². The van der Waals surface area contributed by atoms with Crippen LogP contribution >= 0.6 is 0 Å². The van der Waals surface area contributed by atoms with Crippen LogP contribution in [-0.2, 0) is 13.1 Å². The van der Waals surface area contributed by atoms with E-state index < -0.39 is 0 Å². The van der Waals surface area contributed by atoms with Crippen molar-refractivity contribution in [3.8, 4) is 0 Å². The highest BCUT2D eigenvalue weighted by molar-refractivity contribution is 5.14. The van der Waals surface area contributed by atoms with Gasteiger partial charge in [-0.1, -0.05) is 0 Å². The minimum Gasteiger partial charge on any atom is -0.349 e. The number of rotatable bonds is 6. The lowest BCUT2D eigenvalue weighted by Crippen LogP contribution is -2.04. The minimum atomic E-state index is 1.16. The molecule has 0 aromatic carbocycles. The molecular formula is C17H26N2. The predicted octanol–water partition coefficient (Wildman–Crippen LogP) is 4.39. The third-order valence-corrected chi connectivity index (χ3v) is 4.10. The van der Waals surface area contributed by atoms with Crippen molar-refractivity contribution in [1.29, 1.82) is 0 Å². The lowest BCUT2D eigenvalue weighted by atomic mass is 10.2. The molecule has 2 rings (SSSR count). The number of aryl methyl sites for hydroxylation is 4. The molecular weight excluding hydrogens is 232 g/mol. The first-order valence-electron chi connectivity index (χ1n) is 7.35. The van der Waals surface area contributed by atoms with Crippen LogP contribution in [0.1, 0.15) is 42.0 Å². The van der Waals surface area contributed by atoms with Gasteiger partial charge in [0.1, 0.15) is 0 Å². The summed E-state index contributed by atoms with van der Waals surface area (Å²) in [6.07, 6.45) is 3.85. The zero-order valence-corrected chi connectivity index (χ0v) is 12.7. The Bertz CT molecular complexity index is 444. The van der Waals surface area contributed by atoms with Gasteiger partial charge in [0.25, 0.3) is 0 Å². The maximum Gasteiger partial charge on any atom is 0.0224 e. The molecule has 0 unspecified atom stereocenters. The summed E-state index contributed by atoms with van der Waals surface area (Å²) in [5.74, 6) is 0. The molecule has 2 heteroatoms. The third-order valence-electron chi connectivity index (χ3n) is 4.10. The molecule has 0 bridgehead atoms. The van der Waals surface area contributed by atoms with Gasteiger partial charge in [0.05, 0.1) is 0 Å². The van der Waals surface area contributed by atoms with E-state index in [0.717, 1.165) is 13.1 Å². The van der Waals surface area contributed by atoms with Gasteiger partial charge in [0, 0.05) is 35.9 Å². The van der Waals surface area contributed by atoms with Crippen molar-refractivity contribution < 1.29 is 0 Å². The molecule has 2 aromatic rings. The van der Waals surface area contributed by atoms with Crippen LogP contribution < -0.4 is 0 Å². The lowest BCUT2D eigenvalue weighted by molar-refractivity contribution is 0.530. The summed E-state index contributed by atoms with van der Waals surface area (Å²) in [7, 11) is 0. The topological polar surface area (TPSA) is 9.86 Å². The first kappa shape index (κ1) is 14.0. The first-order chi connectivity index (χ1) is 9.09. The Balaban J connectivity index is 1.73. The van der Waals surface area contributed by atoms with E-state index in [1.54, 1.807) is 0 Å². The summed E-state index contributed by atoms with van der Waals surface area (Å²) in [5.41, 5.74) is 5.54. The van der Waals surface area contributed by atoms with E-state index in [4.69, 9.17) is 0 Å². The van der Waals surface area contributed by atoms with Gasteiger partial charge in [-0.3, -0.25) is 0 Å². The van der Waals surface area contributed by atoms with Crippen LogP contribution in [0.25, 0.3) is 0 Å². The van der Waals surface area contributed by atoms with E-state index in [1.165, 1.54) is 42.0 Å². The Morgan fingerprint density at radius 2 is 0.895 bits per heavy atom. The zero-order valence-electron chi connectivity index (χ0n) is 12.7. The zero-order chi connectivity index (χ0) is 13.8. The molecule has 0 radical (unpaired) electrons. The average molecular weight is 258 g/mol. The van der Waals surface area contributed by atoms with Gasteiger partial charge in [-0.25, -0.2) is 0 Å². The van der Waals surface area contributed by atoms with Crippen molar-refractivity contribution in [2.24, 2.45) is 0 Å². The Kier molecular flexibility index (Phi) is 4.52. The largest absolute Gasteiger partial charge is 0.349 e. The molecule has 0 aliphatic carbocycles. The summed E-state index contributed by atoms with van der Waals surface area (Å²) in [6.45, 7) is 11.1. The van der Waals surface area contributed by atoms with Gasteiger partial charge in [-0.2, -0.15) is 0 Å². The second-order valence-electron chi connectivity index (χ2n) is 5.60. The Morgan fingerprint density at radius 3 is 1.21 bits per heavy atom. The van der Waals surface area contributed by atoms with Gasteiger partial charge >= 0.3 is 0 Å². The van der Waals surface area contributed by atoms with Gasteiger partial charge in [-0.05, 0) is 71.2 Å². The van der Waals surface area contributed by atoms with Crippen molar-refractivity contribution in [3.63, 3.8) is 0 Å². The average Bonchev–Trinajstić information content (AvgIpc) is 2.86. The van der Waals surface area contributed by atoms with E-state index >= 15 is 0 Å². The Morgan fingerprint density at radius 1 is 0.579 bits per heavy atom. The molecule has 0 spiro atoms. The number of nitrogens with zero attached hydrogens (tertiary/aromatic N) is 2. The maximum atomic E-state index is 2.42. The van der Waals surface area contributed by atoms with E-state index in [1.807, 2.05) is 0 Å². The van der Waals surface area contributed by atoms with Crippen LogP contribution in [0.5, 0.6) is 0 Å². The van der Waals surface area contributed by atoms with Crippen LogP contribution in [0, 0.1) is 27.7 Å². The SMILES string of the molecule is Cc1ccc(C)n1CCCCCn1c(C)ccc1C. The van der Waals surface area contributed by atoms with Gasteiger partial charge in [0.15, 0.2) is 0 Å². The van der Waals surface area contributed by atoms with Crippen molar-refractivity contribution in [2.45, 2.75) is 60.0 Å². The normalized spacial score (nSPS) is 11.2. The molecule has 0 saturated carbocycles. The summed E-state index contributed by atoms with van der Waals surface area (Å²) >= 11 is 0. The first-order valence-corrected chi connectivity index (χ1v) is 7.35. The van der Waals surface area contributed by atoms with E-state index in [2.05, 4.69) is 61.1 Å². The van der Waals surface area contributed by atoms with Crippen LogP contribution in [-0.4, -0.2) is 9.13 Å². The Labute approximate surface area is 117 Å². The van der Waals surface area contributed by atoms with Gasteiger partial charge in [-0.15, -0.1) is 0 Å². The molecule has 0 N–H and O–H groups in total. The molecule has 2 nitrogen and oxygen atoms in total. The molecule has 0 saturated heterocycles. The summed E-state index contributed by atoms with van der Waals surface area (Å²) in [6, 6.07) is 8.84. The lowest BCUT2D eigenvalue weighted by Gasteiger charge is -2.11. The fraction of sp³-hybridized carbons (Fsp3) is 0.529. The van der Waals surface area contributed by atoms with Crippen LogP contribution in [0.4, 0.5) is 0 Å². The van der Waals surface area contributed by atoms with E-state index in [-0.39, 0.29) is 0 Å². The number of hydrogen-bond acceptors (Lipinski definition) is 0. The molecule has 2 heterocycles. The summed E-state index contributed by atoms with van der Waals surface area (Å²) in [4.78, 5) is 0. The van der Waals surface area contributed by atoms with E-state index in [9.17, 15) is 0 Å². The molecule has 2 aromatic heterocycles. The Hall–Kier alpha value is -1.44. The van der Waals surface area contributed by atoms with Crippen molar-refractivity contribution in [3.05, 3.63) is 47.0 Å². The monoisotopic (exact) mass is 258 g/mol. The van der Waals surface area contributed by atoms with Crippen LogP contribution in [0.15, 0.2) is 24.3 Å². The van der Waals surface area contributed by atoms with Crippen molar-refractivity contribution in [2.75, 3.05) is 0 Å². The van der Waals surface area contributed by atoms with Gasteiger partial charge < -0.3 is 9.13 Å². The highest BCUT2D eigenvalue weighted by Crippen LogP contribution is 2.12. The highest BCUT2D eigenvalue weighted by atomic mass is 15.0. The standard InChI is InChI=1S/C17H26N2/c1-14-8-9-15(2)18(14)12-6-5-7-13-19-16(3)10-11-17(19)4/h8-11H,5-7,12-13H2,1-4H3. The molecule has 104 valence electrons. The quantitative estimate of drug-likeness (QED) is 0.680. The molecule has 0 aliphatic rings. The number of hydrogen-bond donors (Lipinski definition) is 0. The number of unbranched alkanes of at least 4 members (excludes halogenated alkanes) is 2. The summed E-state index contributed by atoms with van der Waals surface area (Å²) in [5, 5.41) is 0. The molecule has 0 aliphatic heterocycles. The third kappa shape index (κ3) is 3.31. The van der Waals surface area contributed by atoms with Crippen molar-refractivity contribution >= 4 is 0 Å². The molecule has 0 amide bonds.